The molecular weight excluding hydrogens is 448 g/mol. The summed E-state index contributed by atoms with van der Waals surface area (Å²) in [5.41, 5.74) is 1.82. The van der Waals surface area contributed by atoms with Crippen molar-refractivity contribution < 1.29 is 28.2 Å². The number of fused-ring (bicyclic) bond motifs is 3. The van der Waals surface area contributed by atoms with Crippen molar-refractivity contribution >= 4 is 17.6 Å². The van der Waals surface area contributed by atoms with Crippen molar-refractivity contribution in [3.05, 3.63) is 65.2 Å². The number of carboxylic acid groups (broad SMARTS) is 1. The molecule has 0 unspecified atom stereocenters. The fraction of sp³-hybridized carbons (Fsp3) is 0.217. The van der Waals surface area contributed by atoms with Gasteiger partial charge in [-0.05, 0) is 31.2 Å². The standard InChI is InChI=1S/C23H17F2N5O4/c1-11-20(25)13(4-5-26-11)14-6-18-22(30-10-27-28-21(14)30)29(23(31)32)7-15-16(24)2-3-17-19(15)12(8-33-17)9-34-18/h2-6,10,12H,7-9H2,1H3,(H,31,32)/t12-/m0/s1. The molecule has 2 aliphatic rings. The monoisotopic (exact) mass is 465 g/mol. The quantitative estimate of drug-likeness (QED) is 0.454. The van der Waals surface area contributed by atoms with E-state index in [2.05, 4.69) is 15.2 Å². The van der Waals surface area contributed by atoms with Gasteiger partial charge in [-0.1, -0.05) is 0 Å². The number of rotatable bonds is 1. The van der Waals surface area contributed by atoms with Crippen LogP contribution in [0.5, 0.6) is 11.5 Å². The second-order valence-electron chi connectivity index (χ2n) is 8.15. The SMILES string of the molecule is Cc1nccc(-c2cc3c(n4cnnc24)N(C(=O)O)Cc2c(F)ccc4c2[C@@H](CO4)CO3)c1F. The van der Waals surface area contributed by atoms with Gasteiger partial charge in [-0.3, -0.25) is 14.3 Å². The molecule has 0 saturated heterocycles. The predicted octanol–water partition coefficient (Wildman–Crippen LogP) is 3.93. The number of anilines is 1. The third kappa shape index (κ3) is 2.89. The van der Waals surface area contributed by atoms with Crippen LogP contribution in [0.1, 0.15) is 22.7 Å². The first kappa shape index (κ1) is 20.3. The van der Waals surface area contributed by atoms with Gasteiger partial charge in [0.25, 0.3) is 0 Å². The van der Waals surface area contributed by atoms with Crippen LogP contribution < -0.4 is 14.4 Å². The lowest BCUT2D eigenvalue weighted by molar-refractivity contribution is 0.200. The molecule has 0 fully saturated rings. The van der Waals surface area contributed by atoms with Gasteiger partial charge in [-0.2, -0.15) is 0 Å². The molecule has 1 aromatic carbocycles. The zero-order valence-electron chi connectivity index (χ0n) is 17.8. The molecule has 0 bridgehead atoms. The molecule has 1 amide bonds. The van der Waals surface area contributed by atoms with E-state index in [0.29, 0.717) is 16.9 Å². The number of hydrogen-bond donors (Lipinski definition) is 1. The zero-order valence-corrected chi connectivity index (χ0v) is 17.8. The van der Waals surface area contributed by atoms with E-state index in [0.717, 1.165) is 4.90 Å². The molecule has 1 N–H and O–H groups in total. The summed E-state index contributed by atoms with van der Waals surface area (Å²) < 4.78 is 43.2. The van der Waals surface area contributed by atoms with E-state index in [1.807, 2.05) is 0 Å². The van der Waals surface area contributed by atoms with Crippen LogP contribution in [-0.2, 0) is 6.54 Å². The Bertz CT molecular complexity index is 1490. The first-order chi connectivity index (χ1) is 16.4. The number of pyridine rings is 2. The van der Waals surface area contributed by atoms with Crippen LogP contribution in [0.25, 0.3) is 16.8 Å². The van der Waals surface area contributed by atoms with Gasteiger partial charge >= 0.3 is 6.09 Å². The number of carbonyl (C=O) groups is 1. The highest BCUT2D eigenvalue weighted by Crippen LogP contribution is 2.43. The molecular formula is C23H17F2N5O4. The molecule has 172 valence electrons. The molecule has 0 saturated carbocycles. The highest BCUT2D eigenvalue weighted by Gasteiger charge is 2.35. The number of halogens is 2. The summed E-state index contributed by atoms with van der Waals surface area (Å²) in [4.78, 5) is 17.4. The van der Waals surface area contributed by atoms with Crippen LogP contribution in [0.3, 0.4) is 0 Å². The highest BCUT2D eigenvalue weighted by molar-refractivity contribution is 5.91. The van der Waals surface area contributed by atoms with Crippen molar-refractivity contribution in [3.63, 3.8) is 0 Å². The van der Waals surface area contributed by atoms with Crippen molar-refractivity contribution in [3.8, 4) is 22.6 Å². The van der Waals surface area contributed by atoms with Crippen LogP contribution in [0.15, 0.2) is 36.8 Å². The molecule has 0 spiro atoms. The molecule has 11 heteroatoms. The Labute approximate surface area is 191 Å². The second-order valence-corrected chi connectivity index (χ2v) is 8.15. The fourth-order valence-electron chi connectivity index (χ4n) is 4.61. The summed E-state index contributed by atoms with van der Waals surface area (Å²) >= 11 is 0. The lowest BCUT2D eigenvalue weighted by Crippen LogP contribution is -2.31. The Kier molecular flexibility index (Phi) is 4.41. The maximum atomic E-state index is 15.0. The van der Waals surface area contributed by atoms with Crippen molar-refractivity contribution in [1.82, 2.24) is 19.6 Å². The lowest BCUT2D eigenvalue weighted by atomic mass is 9.95. The van der Waals surface area contributed by atoms with E-state index >= 15 is 0 Å². The Morgan fingerprint density at radius 3 is 2.74 bits per heavy atom. The number of ether oxygens (including phenoxy) is 2. The topological polar surface area (TPSA) is 102 Å². The molecule has 5 heterocycles. The summed E-state index contributed by atoms with van der Waals surface area (Å²) in [5.74, 6) is -0.600. The van der Waals surface area contributed by atoms with E-state index in [4.69, 9.17) is 9.47 Å². The fourth-order valence-corrected chi connectivity index (χ4v) is 4.61. The Morgan fingerprint density at radius 2 is 1.94 bits per heavy atom. The summed E-state index contributed by atoms with van der Waals surface area (Å²) in [7, 11) is 0. The average molecular weight is 465 g/mol. The third-order valence-corrected chi connectivity index (χ3v) is 6.22. The maximum Gasteiger partial charge on any atom is 0.413 e. The van der Waals surface area contributed by atoms with Gasteiger partial charge in [0.15, 0.2) is 23.0 Å². The molecule has 34 heavy (non-hydrogen) atoms. The number of nitrogens with zero attached hydrogens (tertiary/aromatic N) is 5. The number of benzene rings is 1. The van der Waals surface area contributed by atoms with Gasteiger partial charge in [0.1, 0.15) is 17.9 Å². The number of aryl methyl sites for hydroxylation is 1. The van der Waals surface area contributed by atoms with E-state index in [9.17, 15) is 18.7 Å². The Hall–Kier alpha value is -4.28. The smallest absolute Gasteiger partial charge is 0.413 e. The number of hydrogen-bond acceptors (Lipinski definition) is 6. The van der Waals surface area contributed by atoms with Crippen LogP contribution in [0.4, 0.5) is 19.4 Å². The van der Waals surface area contributed by atoms with Gasteiger partial charge < -0.3 is 14.6 Å². The Morgan fingerprint density at radius 1 is 1.15 bits per heavy atom. The summed E-state index contributed by atoms with van der Waals surface area (Å²) in [6.07, 6.45) is 1.47. The van der Waals surface area contributed by atoms with Crippen molar-refractivity contribution in [2.45, 2.75) is 19.4 Å². The average Bonchev–Trinajstić information content (AvgIpc) is 3.46. The van der Waals surface area contributed by atoms with Crippen LogP contribution in [0, 0.1) is 18.6 Å². The minimum absolute atomic E-state index is 0.0975. The number of aromatic nitrogens is 4. The molecule has 0 radical (unpaired) electrons. The largest absolute Gasteiger partial charge is 0.493 e. The lowest BCUT2D eigenvalue weighted by Gasteiger charge is -2.24. The zero-order chi connectivity index (χ0) is 23.6. The van der Waals surface area contributed by atoms with Crippen LogP contribution in [0.2, 0.25) is 0 Å². The molecule has 3 aromatic heterocycles. The van der Waals surface area contributed by atoms with Crippen molar-refractivity contribution in [2.24, 2.45) is 0 Å². The number of amides is 1. The van der Waals surface area contributed by atoms with Crippen LogP contribution >= 0.6 is 0 Å². The third-order valence-electron chi connectivity index (χ3n) is 6.22. The van der Waals surface area contributed by atoms with Gasteiger partial charge in [0.2, 0.25) is 0 Å². The van der Waals surface area contributed by atoms with Crippen molar-refractivity contribution in [2.75, 3.05) is 18.1 Å². The molecule has 0 aliphatic carbocycles. The Balaban J connectivity index is 1.62. The van der Waals surface area contributed by atoms with Gasteiger partial charge in [0.05, 0.1) is 31.4 Å². The summed E-state index contributed by atoms with van der Waals surface area (Å²) in [5, 5.41) is 18.1. The van der Waals surface area contributed by atoms with E-state index in [-0.39, 0.29) is 59.7 Å². The minimum Gasteiger partial charge on any atom is -0.493 e. The molecule has 9 nitrogen and oxygen atoms in total. The molecule has 4 aromatic rings. The van der Waals surface area contributed by atoms with Gasteiger partial charge in [-0.25, -0.2) is 13.6 Å². The van der Waals surface area contributed by atoms with E-state index < -0.39 is 17.7 Å². The highest BCUT2D eigenvalue weighted by atomic mass is 19.1. The molecule has 6 rings (SSSR count). The van der Waals surface area contributed by atoms with E-state index in [1.165, 1.54) is 41.2 Å². The first-order valence-corrected chi connectivity index (χ1v) is 10.5. The second kappa shape index (κ2) is 7.37. The van der Waals surface area contributed by atoms with Gasteiger partial charge in [-0.15, -0.1) is 10.2 Å². The molecule has 2 aliphatic heterocycles. The van der Waals surface area contributed by atoms with Crippen molar-refractivity contribution in [1.29, 1.82) is 0 Å². The van der Waals surface area contributed by atoms with Gasteiger partial charge in [0, 0.05) is 28.5 Å². The minimum atomic E-state index is -1.33. The maximum absolute atomic E-state index is 15.0. The molecule has 1 atom stereocenters. The van der Waals surface area contributed by atoms with E-state index in [1.54, 1.807) is 6.92 Å². The predicted molar refractivity (Wildman–Crippen MR) is 115 cm³/mol. The van der Waals surface area contributed by atoms with Crippen LogP contribution in [-0.4, -0.2) is 44.0 Å². The first-order valence-electron chi connectivity index (χ1n) is 10.5. The summed E-state index contributed by atoms with van der Waals surface area (Å²) in [6.45, 7) is 1.64. The normalized spacial score (nSPS) is 16.7. The summed E-state index contributed by atoms with van der Waals surface area (Å²) in [6, 6.07) is 5.85.